The Hall–Kier alpha value is -1.22. The molecule has 0 bridgehead atoms. The highest BCUT2D eigenvalue weighted by atomic mass is 16.5. The molecular weight excluding hydrogens is 238 g/mol. The minimum Gasteiger partial charge on any atom is -0.490 e. The van der Waals surface area contributed by atoms with Crippen LogP contribution in [0.25, 0.3) is 0 Å². The molecule has 0 fully saturated rings. The first-order chi connectivity index (χ1) is 9.16. The van der Waals surface area contributed by atoms with E-state index in [1.54, 1.807) is 0 Å². The molecule has 2 rings (SSSR count). The van der Waals surface area contributed by atoms with Crippen LogP contribution in [-0.2, 0) is 0 Å². The van der Waals surface area contributed by atoms with E-state index in [1.165, 1.54) is 5.56 Å². The molecule has 0 amide bonds. The van der Waals surface area contributed by atoms with Crippen LogP contribution in [0.4, 0.5) is 0 Å². The highest BCUT2D eigenvalue weighted by molar-refractivity contribution is 5.44. The predicted octanol–water partition coefficient (Wildman–Crippen LogP) is 3.34. The summed E-state index contributed by atoms with van der Waals surface area (Å²) in [5.74, 6) is 2.32. The Balaban J connectivity index is 1.98. The minimum absolute atomic E-state index is 0.531. The van der Waals surface area contributed by atoms with Gasteiger partial charge in [-0.15, -0.1) is 0 Å². The average Bonchev–Trinajstić information content (AvgIpc) is 2.62. The third-order valence-electron chi connectivity index (χ3n) is 3.47. The molecule has 1 heterocycles. The molecular formula is C16H25NO2. The lowest BCUT2D eigenvalue weighted by Gasteiger charge is -2.16. The topological polar surface area (TPSA) is 30.5 Å². The molecule has 3 heteroatoms. The summed E-state index contributed by atoms with van der Waals surface area (Å²) in [6, 6.07) is 6.90. The van der Waals surface area contributed by atoms with Gasteiger partial charge in [0, 0.05) is 12.5 Å². The van der Waals surface area contributed by atoms with Crippen molar-refractivity contribution in [3.63, 3.8) is 0 Å². The number of hydrogen-bond donors (Lipinski definition) is 1. The van der Waals surface area contributed by atoms with Crippen LogP contribution in [0.15, 0.2) is 18.2 Å². The van der Waals surface area contributed by atoms with Crippen LogP contribution in [0.5, 0.6) is 11.5 Å². The number of nitrogens with one attached hydrogen (secondary N) is 1. The van der Waals surface area contributed by atoms with Gasteiger partial charge < -0.3 is 14.8 Å². The molecule has 0 radical (unpaired) electrons. The van der Waals surface area contributed by atoms with E-state index in [1.807, 2.05) is 6.07 Å². The number of benzene rings is 1. The first-order valence-electron chi connectivity index (χ1n) is 7.29. The van der Waals surface area contributed by atoms with Gasteiger partial charge >= 0.3 is 0 Å². The van der Waals surface area contributed by atoms with Crippen molar-refractivity contribution in [2.45, 2.75) is 45.6 Å². The summed E-state index contributed by atoms with van der Waals surface area (Å²) in [5.41, 5.74) is 1.33. The molecule has 106 valence electrons. The van der Waals surface area contributed by atoms with Gasteiger partial charge in [-0.2, -0.15) is 0 Å². The maximum Gasteiger partial charge on any atom is 0.161 e. The lowest BCUT2D eigenvalue weighted by molar-refractivity contribution is 0.297. The van der Waals surface area contributed by atoms with Crippen LogP contribution >= 0.6 is 0 Å². The van der Waals surface area contributed by atoms with Crippen molar-refractivity contribution < 1.29 is 9.47 Å². The maximum atomic E-state index is 5.74. The number of ether oxygens (including phenoxy) is 2. The molecule has 1 aromatic carbocycles. The third-order valence-corrected chi connectivity index (χ3v) is 3.47. The molecule has 0 saturated carbocycles. The lowest BCUT2D eigenvalue weighted by Crippen LogP contribution is -2.24. The Labute approximate surface area is 116 Å². The maximum absolute atomic E-state index is 5.74. The largest absolute Gasteiger partial charge is 0.490 e. The van der Waals surface area contributed by atoms with Crippen molar-refractivity contribution in [2.24, 2.45) is 0 Å². The van der Waals surface area contributed by atoms with Crippen molar-refractivity contribution in [3.8, 4) is 11.5 Å². The van der Waals surface area contributed by atoms with E-state index < -0.39 is 0 Å². The van der Waals surface area contributed by atoms with Gasteiger partial charge in [0.05, 0.1) is 13.2 Å². The SMILES string of the molecule is CC(C)NCCC(C)c1ccc2c(c1)OCCCO2. The van der Waals surface area contributed by atoms with Gasteiger partial charge in [-0.1, -0.05) is 26.8 Å². The lowest BCUT2D eigenvalue weighted by atomic mass is 9.97. The highest BCUT2D eigenvalue weighted by Gasteiger charge is 2.13. The first kappa shape index (κ1) is 14.2. The molecule has 1 atom stereocenters. The molecule has 1 aliphatic rings. The summed E-state index contributed by atoms with van der Waals surface area (Å²) in [6.07, 6.45) is 2.09. The van der Waals surface area contributed by atoms with Crippen LogP contribution in [0.1, 0.15) is 45.1 Å². The van der Waals surface area contributed by atoms with Crippen LogP contribution in [0.2, 0.25) is 0 Å². The Kier molecular flexibility index (Phi) is 5.08. The van der Waals surface area contributed by atoms with E-state index in [-0.39, 0.29) is 0 Å². The molecule has 1 aliphatic heterocycles. The summed E-state index contributed by atoms with van der Waals surface area (Å²) in [6.45, 7) is 9.17. The second-order valence-corrected chi connectivity index (χ2v) is 5.56. The van der Waals surface area contributed by atoms with Gasteiger partial charge in [0.1, 0.15) is 0 Å². The second kappa shape index (κ2) is 6.80. The molecule has 1 N–H and O–H groups in total. The van der Waals surface area contributed by atoms with E-state index in [4.69, 9.17) is 9.47 Å². The fraction of sp³-hybridized carbons (Fsp3) is 0.625. The highest BCUT2D eigenvalue weighted by Crippen LogP contribution is 2.33. The number of fused-ring (bicyclic) bond motifs is 1. The van der Waals surface area contributed by atoms with Crippen LogP contribution in [0.3, 0.4) is 0 Å². The molecule has 0 aliphatic carbocycles. The minimum atomic E-state index is 0.531. The molecule has 1 unspecified atom stereocenters. The van der Waals surface area contributed by atoms with Crippen LogP contribution in [0, 0.1) is 0 Å². The van der Waals surface area contributed by atoms with Crippen molar-refractivity contribution >= 4 is 0 Å². The summed E-state index contributed by atoms with van der Waals surface area (Å²) >= 11 is 0. The van der Waals surface area contributed by atoms with Gasteiger partial charge in [-0.3, -0.25) is 0 Å². The van der Waals surface area contributed by atoms with E-state index in [0.29, 0.717) is 12.0 Å². The smallest absolute Gasteiger partial charge is 0.161 e. The zero-order valence-electron chi connectivity index (χ0n) is 12.2. The van der Waals surface area contributed by atoms with Crippen molar-refractivity contribution in [2.75, 3.05) is 19.8 Å². The number of rotatable bonds is 5. The Morgan fingerprint density at radius 1 is 1.11 bits per heavy atom. The number of hydrogen-bond acceptors (Lipinski definition) is 3. The van der Waals surface area contributed by atoms with Crippen molar-refractivity contribution in [1.29, 1.82) is 0 Å². The van der Waals surface area contributed by atoms with Crippen molar-refractivity contribution in [3.05, 3.63) is 23.8 Å². The fourth-order valence-corrected chi connectivity index (χ4v) is 2.24. The monoisotopic (exact) mass is 263 g/mol. The second-order valence-electron chi connectivity index (χ2n) is 5.56. The normalized spacial score (nSPS) is 16.2. The van der Waals surface area contributed by atoms with Crippen LogP contribution < -0.4 is 14.8 Å². The van der Waals surface area contributed by atoms with E-state index in [9.17, 15) is 0 Å². The summed E-state index contributed by atoms with van der Waals surface area (Å²) in [5, 5.41) is 3.46. The Morgan fingerprint density at radius 2 is 1.84 bits per heavy atom. The van der Waals surface area contributed by atoms with Gasteiger partial charge in [0.25, 0.3) is 0 Å². The summed E-state index contributed by atoms with van der Waals surface area (Å²) in [7, 11) is 0. The van der Waals surface area contributed by atoms with E-state index in [0.717, 1.165) is 44.1 Å². The van der Waals surface area contributed by atoms with E-state index in [2.05, 4.69) is 38.2 Å². The standard InChI is InChI=1S/C16H25NO2/c1-12(2)17-8-7-13(3)14-5-6-15-16(11-14)19-10-4-9-18-15/h5-6,11-13,17H,4,7-10H2,1-3H3. The Bertz CT molecular complexity index is 404. The zero-order chi connectivity index (χ0) is 13.7. The fourth-order valence-electron chi connectivity index (χ4n) is 2.24. The van der Waals surface area contributed by atoms with Gasteiger partial charge in [-0.25, -0.2) is 0 Å². The molecule has 0 aromatic heterocycles. The Morgan fingerprint density at radius 3 is 2.58 bits per heavy atom. The third kappa shape index (κ3) is 4.13. The average molecular weight is 263 g/mol. The van der Waals surface area contributed by atoms with Crippen LogP contribution in [-0.4, -0.2) is 25.8 Å². The quantitative estimate of drug-likeness (QED) is 0.884. The molecule has 3 nitrogen and oxygen atoms in total. The zero-order valence-corrected chi connectivity index (χ0v) is 12.2. The van der Waals surface area contributed by atoms with Gasteiger partial charge in [-0.05, 0) is 36.6 Å². The first-order valence-corrected chi connectivity index (χ1v) is 7.29. The molecule has 0 spiro atoms. The predicted molar refractivity (Wildman–Crippen MR) is 78.2 cm³/mol. The molecule has 0 saturated heterocycles. The molecule has 19 heavy (non-hydrogen) atoms. The van der Waals surface area contributed by atoms with Gasteiger partial charge in [0.15, 0.2) is 11.5 Å². The van der Waals surface area contributed by atoms with E-state index >= 15 is 0 Å². The molecule has 1 aromatic rings. The van der Waals surface area contributed by atoms with Crippen molar-refractivity contribution in [1.82, 2.24) is 5.32 Å². The summed E-state index contributed by atoms with van der Waals surface area (Å²) < 4.78 is 11.4. The summed E-state index contributed by atoms with van der Waals surface area (Å²) in [4.78, 5) is 0. The van der Waals surface area contributed by atoms with Gasteiger partial charge in [0.2, 0.25) is 0 Å².